The van der Waals surface area contributed by atoms with Crippen LogP contribution in [0.1, 0.15) is 31.9 Å². The summed E-state index contributed by atoms with van der Waals surface area (Å²) in [7, 11) is 0. The second kappa shape index (κ2) is 9.36. The number of nitrogens with zero attached hydrogens (tertiary/aromatic N) is 3. The minimum absolute atomic E-state index is 0.123. The smallest absolute Gasteiger partial charge is 0.196 e. The maximum atomic E-state index is 4.56. The minimum atomic E-state index is 0.123. The molecule has 0 spiro atoms. The number of thioether (sulfide) groups is 1. The van der Waals surface area contributed by atoms with E-state index in [-0.39, 0.29) is 5.41 Å². The van der Waals surface area contributed by atoms with E-state index in [1.165, 1.54) is 11.1 Å². The molecule has 0 radical (unpaired) electrons. The van der Waals surface area contributed by atoms with Crippen molar-refractivity contribution in [3.63, 3.8) is 0 Å². The number of rotatable bonds is 6. The van der Waals surface area contributed by atoms with E-state index < -0.39 is 0 Å². The fraction of sp³-hybridized carbons (Fsp3) is 0.185. The topological polar surface area (TPSA) is 30.7 Å². The summed E-state index contributed by atoms with van der Waals surface area (Å²) in [6.45, 7) is 6.69. The van der Waals surface area contributed by atoms with Gasteiger partial charge in [0, 0.05) is 17.0 Å². The Balaban J connectivity index is 1.62. The van der Waals surface area contributed by atoms with Gasteiger partial charge in [-0.3, -0.25) is 4.57 Å². The third kappa shape index (κ3) is 5.15. The lowest BCUT2D eigenvalue weighted by molar-refractivity contribution is 0.590. The van der Waals surface area contributed by atoms with E-state index in [0.717, 1.165) is 28.0 Å². The summed E-state index contributed by atoms with van der Waals surface area (Å²) < 4.78 is 2.15. The van der Waals surface area contributed by atoms with E-state index in [1.807, 2.05) is 24.3 Å². The fourth-order valence-corrected chi connectivity index (χ4v) is 4.11. The van der Waals surface area contributed by atoms with Crippen LogP contribution in [-0.2, 0) is 5.41 Å². The Kier molecular flexibility index (Phi) is 6.38. The monoisotopic (exact) mass is 425 g/mol. The molecule has 4 heteroatoms. The van der Waals surface area contributed by atoms with Crippen LogP contribution in [0.2, 0.25) is 0 Å². The number of hydrogen-bond acceptors (Lipinski definition) is 3. The molecule has 1 heterocycles. The van der Waals surface area contributed by atoms with Gasteiger partial charge in [-0.15, -0.1) is 10.2 Å². The van der Waals surface area contributed by atoms with Gasteiger partial charge in [-0.1, -0.05) is 117 Å². The van der Waals surface area contributed by atoms with Crippen LogP contribution < -0.4 is 0 Å². The van der Waals surface area contributed by atoms with E-state index in [1.54, 1.807) is 11.8 Å². The molecule has 1 aromatic heterocycles. The van der Waals surface area contributed by atoms with Gasteiger partial charge in [0.2, 0.25) is 0 Å². The first-order valence-electron chi connectivity index (χ1n) is 10.5. The van der Waals surface area contributed by atoms with Gasteiger partial charge in [0.05, 0.1) is 0 Å². The highest BCUT2D eigenvalue weighted by atomic mass is 32.2. The summed E-state index contributed by atoms with van der Waals surface area (Å²) in [6, 6.07) is 29.3. The van der Waals surface area contributed by atoms with E-state index in [4.69, 9.17) is 0 Å². The van der Waals surface area contributed by atoms with Crippen LogP contribution >= 0.6 is 11.8 Å². The highest BCUT2D eigenvalue weighted by Gasteiger charge is 2.17. The molecule has 0 amide bonds. The van der Waals surface area contributed by atoms with Crippen molar-refractivity contribution < 1.29 is 0 Å². The molecule has 0 saturated carbocycles. The summed E-state index contributed by atoms with van der Waals surface area (Å²) in [5.74, 6) is 1.68. The standard InChI is InChI=1S/C27H27N3S/c1-27(2,3)23-18-16-22(17-19-23)25-28-29-26(30(25)24-14-8-5-9-15-24)31-20-10-13-21-11-6-4-7-12-21/h4-19H,20H2,1-3H3/b13-10+. The summed E-state index contributed by atoms with van der Waals surface area (Å²) in [5, 5.41) is 9.97. The maximum Gasteiger partial charge on any atom is 0.196 e. The van der Waals surface area contributed by atoms with Gasteiger partial charge in [-0.2, -0.15) is 0 Å². The van der Waals surface area contributed by atoms with Crippen LogP contribution in [0.5, 0.6) is 0 Å². The summed E-state index contributed by atoms with van der Waals surface area (Å²) in [5.41, 5.74) is 4.76. The van der Waals surface area contributed by atoms with Crippen LogP contribution in [0, 0.1) is 0 Å². The third-order valence-corrected chi connectivity index (χ3v) is 5.96. The molecule has 0 aliphatic rings. The lowest BCUT2D eigenvalue weighted by Gasteiger charge is -2.19. The number of benzene rings is 3. The highest BCUT2D eigenvalue weighted by Crippen LogP contribution is 2.30. The number of para-hydroxylation sites is 1. The van der Waals surface area contributed by atoms with E-state index in [2.05, 4.69) is 108 Å². The first-order chi connectivity index (χ1) is 15.0. The predicted octanol–water partition coefficient (Wildman–Crippen LogP) is 7.04. The van der Waals surface area contributed by atoms with Crippen molar-refractivity contribution in [1.82, 2.24) is 14.8 Å². The molecule has 3 aromatic carbocycles. The van der Waals surface area contributed by atoms with Crippen molar-refractivity contribution in [3.05, 3.63) is 102 Å². The van der Waals surface area contributed by atoms with Crippen molar-refractivity contribution in [2.24, 2.45) is 0 Å². The average Bonchev–Trinajstić information content (AvgIpc) is 3.21. The van der Waals surface area contributed by atoms with Gasteiger partial charge in [-0.05, 0) is 28.7 Å². The maximum absolute atomic E-state index is 4.56. The number of hydrogen-bond donors (Lipinski definition) is 0. The van der Waals surface area contributed by atoms with Gasteiger partial charge < -0.3 is 0 Å². The highest BCUT2D eigenvalue weighted by molar-refractivity contribution is 7.99. The molecule has 156 valence electrons. The summed E-state index contributed by atoms with van der Waals surface area (Å²) in [6.07, 6.45) is 4.31. The van der Waals surface area contributed by atoms with E-state index in [0.29, 0.717) is 0 Å². The van der Waals surface area contributed by atoms with Gasteiger partial charge >= 0.3 is 0 Å². The fourth-order valence-electron chi connectivity index (χ4n) is 3.35. The second-order valence-electron chi connectivity index (χ2n) is 8.43. The molecule has 0 atom stereocenters. The second-order valence-corrected chi connectivity index (χ2v) is 9.42. The average molecular weight is 426 g/mol. The molecule has 0 aliphatic heterocycles. The zero-order valence-corrected chi connectivity index (χ0v) is 19.0. The largest absolute Gasteiger partial charge is 0.270 e. The molecule has 0 N–H and O–H groups in total. The van der Waals surface area contributed by atoms with Crippen molar-refractivity contribution >= 4 is 17.8 Å². The Labute approximate surface area is 188 Å². The van der Waals surface area contributed by atoms with E-state index >= 15 is 0 Å². The van der Waals surface area contributed by atoms with Crippen molar-refractivity contribution in [2.75, 3.05) is 5.75 Å². The van der Waals surface area contributed by atoms with Crippen LogP contribution in [0.4, 0.5) is 0 Å². The van der Waals surface area contributed by atoms with Crippen molar-refractivity contribution in [2.45, 2.75) is 31.3 Å². The van der Waals surface area contributed by atoms with Crippen LogP contribution in [0.25, 0.3) is 23.2 Å². The third-order valence-electron chi connectivity index (χ3n) is 5.08. The molecule has 4 rings (SSSR count). The Hall–Kier alpha value is -3.11. The quantitative estimate of drug-likeness (QED) is 0.310. The molecular weight excluding hydrogens is 398 g/mol. The normalized spacial score (nSPS) is 11.8. The molecule has 3 nitrogen and oxygen atoms in total. The molecule has 4 aromatic rings. The first-order valence-corrected chi connectivity index (χ1v) is 11.5. The van der Waals surface area contributed by atoms with Gasteiger partial charge in [0.15, 0.2) is 11.0 Å². The van der Waals surface area contributed by atoms with Gasteiger partial charge in [0.1, 0.15) is 0 Å². The molecule has 0 unspecified atom stereocenters. The molecule has 31 heavy (non-hydrogen) atoms. The first kappa shape index (κ1) is 21.1. The van der Waals surface area contributed by atoms with Gasteiger partial charge in [-0.25, -0.2) is 0 Å². The molecule has 0 fully saturated rings. The lowest BCUT2D eigenvalue weighted by atomic mass is 9.87. The van der Waals surface area contributed by atoms with Crippen LogP contribution in [0.3, 0.4) is 0 Å². The molecule has 0 aliphatic carbocycles. The van der Waals surface area contributed by atoms with Crippen LogP contribution in [0.15, 0.2) is 96.2 Å². The summed E-state index contributed by atoms with van der Waals surface area (Å²) in [4.78, 5) is 0. The summed E-state index contributed by atoms with van der Waals surface area (Å²) >= 11 is 1.69. The van der Waals surface area contributed by atoms with Gasteiger partial charge in [0.25, 0.3) is 0 Å². The zero-order chi connectivity index (χ0) is 21.7. The Bertz CT molecular complexity index is 1140. The van der Waals surface area contributed by atoms with Crippen molar-refractivity contribution in [1.29, 1.82) is 0 Å². The zero-order valence-electron chi connectivity index (χ0n) is 18.2. The Morgan fingerprint density at radius 2 is 1.45 bits per heavy atom. The predicted molar refractivity (Wildman–Crippen MR) is 132 cm³/mol. The van der Waals surface area contributed by atoms with E-state index in [9.17, 15) is 0 Å². The molecular formula is C27H27N3S. The Morgan fingerprint density at radius 1 is 0.806 bits per heavy atom. The minimum Gasteiger partial charge on any atom is -0.270 e. The SMILES string of the molecule is CC(C)(C)c1ccc(-c2nnc(SC/C=C/c3ccccc3)n2-c2ccccc2)cc1. The Morgan fingerprint density at radius 3 is 2.10 bits per heavy atom. The molecule has 0 saturated heterocycles. The van der Waals surface area contributed by atoms with Crippen molar-refractivity contribution in [3.8, 4) is 17.1 Å². The van der Waals surface area contributed by atoms with Crippen LogP contribution in [-0.4, -0.2) is 20.5 Å². The molecule has 0 bridgehead atoms. The lowest BCUT2D eigenvalue weighted by Crippen LogP contribution is -2.10. The number of aromatic nitrogens is 3.